The zero-order chi connectivity index (χ0) is 17.0. The zero-order valence-corrected chi connectivity index (χ0v) is 14.1. The first-order valence-corrected chi connectivity index (χ1v) is 8.99. The number of aryl methyl sites for hydroxylation is 1. The van der Waals surface area contributed by atoms with Gasteiger partial charge in [-0.2, -0.15) is 0 Å². The van der Waals surface area contributed by atoms with Crippen molar-refractivity contribution in [3.05, 3.63) is 54.1 Å². The third kappa shape index (κ3) is 4.82. The van der Waals surface area contributed by atoms with Gasteiger partial charge < -0.3 is 10.1 Å². The lowest BCUT2D eigenvalue weighted by Crippen LogP contribution is -2.30. The minimum Gasteiger partial charge on any atom is -0.481 e. The van der Waals surface area contributed by atoms with Crippen LogP contribution in [0.1, 0.15) is 12.5 Å². The van der Waals surface area contributed by atoms with Crippen molar-refractivity contribution in [2.45, 2.75) is 24.8 Å². The van der Waals surface area contributed by atoms with E-state index in [0.29, 0.717) is 11.4 Å². The molecule has 0 aromatic heterocycles. The van der Waals surface area contributed by atoms with Crippen LogP contribution in [0.3, 0.4) is 0 Å². The fourth-order valence-electron chi connectivity index (χ4n) is 1.92. The number of carbonyl (C=O) groups excluding carboxylic acids is 1. The first-order valence-electron chi connectivity index (χ1n) is 7.10. The Labute approximate surface area is 136 Å². The van der Waals surface area contributed by atoms with Crippen molar-refractivity contribution in [3.63, 3.8) is 0 Å². The Kier molecular flexibility index (Phi) is 5.05. The number of amides is 1. The Morgan fingerprint density at radius 2 is 1.78 bits per heavy atom. The van der Waals surface area contributed by atoms with E-state index in [1.54, 1.807) is 31.2 Å². The van der Waals surface area contributed by atoms with Crippen LogP contribution < -0.4 is 10.1 Å². The lowest BCUT2D eigenvalue weighted by molar-refractivity contribution is -0.122. The summed E-state index contributed by atoms with van der Waals surface area (Å²) in [5, 5.41) is 2.66. The Morgan fingerprint density at radius 1 is 1.13 bits per heavy atom. The van der Waals surface area contributed by atoms with E-state index in [-0.39, 0.29) is 10.8 Å². The molecule has 0 radical (unpaired) electrons. The normalized spacial score (nSPS) is 12.5. The number of benzene rings is 2. The Balaban J connectivity index is 2.05. The number of nitrogens with one attached hydrogen (secondary N) is 1. The van der Waals surface area contributed by atoms with Crippen molar-refractivity contribution in [1.82, 2.24) is 0 Å². The number of rotatable bonds is 5. The molecule has 0 fully saturated rings. The average molecular weight is 333 g/mol. The average Bonchev–Trinajstić information content (AvgIpc) is 2.49. The van der Waals surface area contributed by atoms with Crippen LogP contribution >= 0.6 is 0 Å². The maximum absolute atomic E-state index is 12.2. The van der Waals surface area contributed by atoms with Gasteiger partial charge in [-0.25, -0.2) is 8.42 Å². The van der Waals surface area contributed by atoms with Gasteiger partial charge in [0, 0.05) is 11.9 Å². The van der Waals surface area contributed by atoms with Gasteiger partial charge in [-0.15, -0.1) is 0 Å². The minimum absolute atomic E-state index is 0.155. The second kappa shape index (κ2) is 6.83. The van der Waals surface area contributed by atoms with Crippen LogP contribution in [0, 0.1) is 6.92 Å². The van der Waals surface area contributed by atoms with Crippen LogP contribution in [0.25, 0.3) is 0 Å². The van der Waals surface area contributed by atoms with E-state index in [9.17, 15) is 13.2 Å². The summed E-state index contributed by atoms with van der Waals surface area (Å²) in [5.74, 6) is 0.249. The zero-order valence-electron chi connectivity index (χ0n) is 13.2. The topological polar surface area (TPSA) is 72.5 Å². The van der Waals surface area contributed by atoms with Crippen molar-refractivity contribution in [2.75, 3.05) is 11.6 Å². The number of sulfone groups is 1. The highest BCUT2D eigenvalue weighted by molar-refractivity contribution is 7.90. The molecule has 6 heteroatoms. The van der Waals surface area contributed by atoms with Crippen LogP contribution in [0.4, 0.5) is 5.69 Å². The van der Waals surface area contributed by atoms with Gasteiger partial charge in [-0.1, -0.05) is 23.8 Å². The summed E-state index contributed by atoms with van der Waals surface area (Å²) >= 11 is 0. The fraction of sp³-hybridized carbons (Fsp3) is 0.235. The molecule has 122 valence electrons. The minimum atomic E-state index is -3.32. The van der Waals surface area contributed by atoms with E-state index in [1.165, 1.54) is 12.1 Å². The molecular formula is C17H19NO4S. The summed E-state index contributed by atoms with van der Waals surface area (Å²) in [6, 6.07) is 13.5. The van der Waals surface area contributed by atoms with Crippen molar-refractivity contribution in [3.8, 4) is 5.75 Å². The van der Waals surface area contributed by atoms with Crippen LogP contribution in [0.15, 0.2) is 53.4 Å². The fourth-order valence-corrected chi connectivity index (χ4v) is 2.59. The smallest absolute Gasteiger partial charge is 0.265 e. The quantitative estimate of drug-likeness (QED) is 0.913. The third-order valence-corrected chi connectivity index (χ3v) is 4.34. The number of anilines is 1. The van der Waals surface area contributed by atoms with E-state index in [2.05, 4.69) is 5.32 Å². The van der Waals surface area contributed by atoms with Gasteiger partial charge in [0.1, 0.15) is 5.75 Å². The Bertz CT molecular complexity index is 798. The molecule has 1 N–H and O–H groups in total. The lowest BCUT2D eigenvalue weighted by Gasteiger charge is -2.15. The molecule has 0 aliphatic carbocycles. The van der Waals surface area contributed by atoms with Gasteiger partial charge in [-0.05, 0) is 44.2 Å². The van der Waals surface area contributed by atoms with E-state index >= 15 is 0 Å². The molecule has 5 nitrogen and oxygen atoms in total. The molecule has 0 spiro atoms. The molecule has 0 saturated heterocycles. The first kappa shape index (κ1) is 17.0. The summed E-state index contributed by atoms with van der Waals surface area (Å²) in [6.45, 7) is 3.60. The molecule has 0 saturated carbocycles. The highest BCUT2D eigenvalue weighted by Crippen LogP contribution is 2.17. The van der Waals surface area contributed by atoms with Crippen molar-refractivity contribution < 1.29 is 17.9 Å². The van der Waals surface area contributed by atoms with Crippen LogP contribution in [-0.2, 0) is 14.6 Å². The summed E-state index contributed by atoms with van der Waals surface area (Å²) in [6.07, 6.45) is 0.413. The number of carbonyl (C=O) groups is 1. The molecule has 0 bridgehead atoms. The van der Waals surface area contributed by atoms with Gasteiger partial charge in [-0.3, -0.25) is 4.79 Å². The predicted octanol–water partition coefficient (Wildman–Crippen LogP) is 2.80. The summed E-state index contributed by atoms with van der Waals surface area (Å²) in [7, 11) is -3.32. The summed E-state index contributed by atoms with van der Waals surface area (Å²) in [5.41, 5.74) is 1.52. The van der Waals surface area contributed by atoms with Gasteiger partial charge >= 0.3 is 0 Å². The molecule has 2 rings (SSSR count). The number of ether oxygens (including phenoxy) is 1. The molecule has 2 aromatic carbocycles. The standard InChI is InChI=1S/C17H19NO4S/c1-12-7-9-15(10-8-12)22-13(2)17(19)18-14-5-4-6-16(11-14)23(3,20)21/h4-11,13H,1-3H3,(H,18,19). The third-order valence-electron chi connectivity index (χ3n) is 3.23. The van der Waals surface area contributed by atoms with E-state index in [1.807, 2.05) is 19.1 Å². The monoisotopic (exact) mass is 333 g/mol. The SMILES string of the molecule is Cc1ccc(OC(C)C(=O)Nc2cccc(S(C)(=O)=O)c2)cc1. The van der Waals surface area contributed by atoms with Crippen LogP contribution in [-0.4, -0.2) is 26.7 Å². The molecule has 23 heavy (non-hydrogen) atoms. The number of hydrogen-bond donors (Lipinski definition) is 1. The summed E-state index contributed by atoms with van der Waals surface area (Å²) < 4.78 is 28.6. The van der Waals surface area contributed by atoms with Gasteiger partial charge in [0.25, 0.3) is 5.91 Å². The van der Waals surface area contributed by atoms with Crippen LogP contribution in [0.5, 0.6) is 5.75 Å². The predicted molar refractivity (Wildman–Crippen MR) is 89.5 cm³/mol. The lowest BCUT2D eigenvalue weighted by atomic mass is 10.2. The molecule has 1 atom stereocenters. The van der Waals surface area contributed by atoms with E-state index in [0.717, 1.165) is 11.8 Å². The van der Waals surface area contributed by atoms with Gasteiger partial charge in [0.15, 0.2) is 15.9 Å². The van der Waals surface area contributed by atoms with Crippen LogP contribution in [0.2, 0.25) is 0 Å². The summed E-state index contributed by atoms with van der Waals surface area (Å²) in [4.78, 5) is 12.3. The first-order chi connectivity index (χ1) is 10.8. The molecule has 1 unspecified atom stereocenters. The maximum Gasteiger partial charge on any atom is 0.265 e. The van der Waals surface area contributed by atoms with Gasteiger partial charge in [0.2, 0.25) is 0 Å². The second-order valence-corrected chi connectivity index (χ2v) is 7.38. The second-order valence-electron chi connectivity index (χ2n) is 5.36. The van der Waals surface area contributed by atoms with E-state index < -0.39 is 15.9 Å². The highest BCUT2D eigenvalue weighted by atomic mass is 32.2. The highest BCUT2D eigenvalue weighted by Gasteiger charge is 2.16. The molecule has 0 heterocycles. The number of hydrogen-bond acceptors (Lipinski definition) is 4. The Morgan fingerprint density at radius 3 is 2.39 bits per heavy atom. The van der Waals surface area contributed by atoms with Crippen molar-refractivity contribution in [1.29, 1.82) is 0 Å². The van der Waals surface area contributed by atoms with Gasteiger partial charge in [0.05, 0.1) is 4.90 Å². The molecular weight excluding hydrogens is 314 g/mol. The molecule has 2 aromatic rings. The molecule has 1 amide bonds. The molecule has 0 aliphatic rings. The largest absolute Gasteiger partial charge is 0.481 e. The molecule has 0 aliphatic heterocycles. The van der Waals surface area contributed by atoms with Crippen molar-refractivity contribution >= 4 is 21.4 Å². The Hall–Kier alpha value is -2.34. The van der Waals surface area contributed by atoms with Crippen molar-refractivity contribution in [2.24, 2.45) is 0 Å². The van der Waals surface area contributed by atoms with E-state index in [4.69, 9.17) is 4.74 Å². The maximum atomic E-state index is 12.2.